The fourth-order valence-corrected chi connectivity index (χ4v) is 3.27. The summed E-state index contributed by atoms with van der Waals surface area (Å²) in [5, 5.41) is 0.442. The van der Waals surface area contributed by atoms with E-state index in [0.717, 1.165) is 18.8 Å². The van der Waals surface area contributed by atoms with Gasteiger partial charge in [0.2, 0.25) is 0 Å². The Morgan fingerprint density at radius 3 is 2.74 bits per heavy atom. The molecule has 2 rings (SSSR count). The first kappa shape index (κ1) is 14.5. The van der Waals surface area contributed by atoms with Gasteiger partial charge in [0.1, 0.15) is 0 Å². The van der Waals surface area contributed by atoms with Gasteiger partial charge in [-0.05, 0) is 17.7 Å². The second kappa shape index (κ2) is 5.63. The maximum absolute atomic E-state index is 13.0. The van der Waals surface area contributed by atoms with E-state index in [2.05, 4.69) is 6.92 Å². The molecule has 0 bridgehead atoms. The van der Waals surface area contributed by atoms with E-state index in [4.69, 9.17) is 5.73 Å². The molecule has 1 aromatic carbocycles. The number of nitrogens with zero attached hydrogens (tertiary/aromatic N) is 1. The number of hydrogen-bond donors (Lipinski definition) is 1. The molecule has 0 spiro atoms. The molecule has 106 valence electrons. The second-order valence-electron chi connectivity index (χ2n) is 4.67. The summed E-state index contributed by atoms with van der Waals surface area (Å²) in [5.41, 5.74) is 5.55. The molecule has 1 saturated heterocycles. The van der Waals surface area contributed by atoms with Gasteiger partial charge in [-0.15, -0.1) is 0 Å². The van der Waals surface area contributed by atoms with E-state index in [1.807, 2.05) is 16.7 Å². The molecule has 2 nitrogen and oxygen atoms in total. The van der Waals surface area contributed by atoms with Crippen LogP contribution in [0.15, 0.2) is 18.2 Å². The van der Waals surface area contributed by atoms with E-state index in [1.165, 1.54) is 12.1 Å². The number of nitrogens with two attached hydrogens (primary N) is 1. The first-order chi connectivity index (χ1) is 8.91. The van der Waals surface area contributed by atoms with Crippen molar-refractivity contribution in [2.24, 2.45) is 5.73 Å². The summed E-state index contributed by atoms with van der Waals surface area (Å²) in [6.45, 7) is 3.56. The summed E-state index contributed by atoms with van der Waals surface area (Å²) in [7, 11) is 0. The van der Waals surface area contributed by atoms with E-state index in [1.54, 1.807) is 6.07 Å². The number of halogens is 3. The predicted octanol–water partition coefficient (Wildman–Crippen LogP) is 3.11. The first-order valence-electron chi connectivity index (χ1n) is 6.18. The normalized spacial score (nSPS) is 20.7. The van der Waals surface area contributed by atoms with Gasteiger partial charge in [0.05, 0.1) is 5.56 Å². The van der Waals surface area contributed by atoms with Crippen molar-refractivity contribution < 1.29 is 13.2 Å². The zero-order valence-electron chi connectivity index (χ0n) is 10.7. The van der Waals surface area contributed by atoms with Crippen LogP contribution in [0.4, 0.5) is 18.9 Å². The molecule has 1 heterocycles. The lowest BCUT2D eigenvalue weighted by molar-refractivity contribution is -0.138. The Morgan fingerprint density at radius 1 is 1.42 bits per heavy atom. The molecule has 0 amide bonds. The summed E-state index contributed by atoms with van der Waals surface area (Å²) in [5.74, 6) is 0.946. The Kier molecular flexibility index (Phi) is 4.30. The Balaban J connectivity index is 2.32. The highest BCUT2D eigenvalue weighted by Gasteiger charge is 2.33. The standard InChI is InChI=1S/C13H17F3N2S/c1-9-8-18(4-5-19-9)11-3-2-10(7-17)12(6-11)13(14,15)16/h2-3,6,9H,4-5,7-8,17H2,1H3. The zero-order chi connectivity index (χ0) is 14.0. The molecular formula is C13H17F3N2S. The van der Waals surface area contributed by atoms with Gasteiger partial charge >= 0.3 is 6.18 Å². The van der Waals surface area contributed by atoms with E-state index in [-0.39, 0.29) is 12.1 Å². The fourth-order valence-electron chi connectivity index (χ4n) is 2.26. The molecule has 6 heteroatoms. The number of rotatable bonds is 2. The molecule has 1 aliphatic heterocycles. The van der Waals surface area contributed by atoms with Crippen molar-refractivity contribution in [1.82, 2.24) is 0 Å². The van der Waals surface area contributed by atoms with Gasteiger partial charge in [-0.2, -0.15) is 24.9 Å². The van der Waals surface area contributed by atoms with Crippen molar-refractivity contribution in [2.75, 3.05) is 23.7 Å². The second-order valence-corrected chi connectivity index (χ2v) is 6.22. The molecule has 0 radical (unpaired) electrons. The molecule has 1 fully saturated rings. The van der Waals surface area contributed by atoms with E-state index >= 15 is 0 Å². The van der Waals surface area contributed by atoms with Crippen LogP contribution in [-0.2, 0) is 12.7 Å². The topological polar surface area (TPSA) is 29.3 Å². The molecule has 1 atom stereocenters. The molecule has 0 saturated carbocycles. The van der Waals surface area contributed by atoms with Crippen LogP contribution in [0, 0.1) is 0 Å². The Labute approximate surface area is 115 Å². The largest absolute Gasteiger partial charge is 0.416 e. The van der Waals surface area contributed by atoms with Gasteiger partial charge < -0.3 is 10.6 Å². The monoisotopic (exact) mass is 290 g/mol. The zero-order valence-corrected chi connectivity index (χ0v) is 11.5. The Morgan fingerprint density at radius 2 is 2.16 bits per heavy atom. The lowest BCUT2D eigenvalue weighted by atomic mass is 10.1. The van der Waals surface area contributed by atoms with E-state index < -0.39 is 11.7 Å². The highest BCUT2D eigenvalue weighted by atomic mass is 32.2. The van der Waals surface area contributed by atoms with Crippen LogP contribution >= 0.6 is 11.8 Å². The van der Waals surface area contributed by atoms with E-state index in [9.17, 15) is 13.2 Å². The molecule has 0 aromatic heterocycles. The molecule has 1 unspecified atom stereocenters. The minimum Gasteiger partial charge on any atom is -0.370 e. The van der Waals surface area contributed by atoms with Crippen molar-refractivity contribution in [3.8, 4) is 0 Å². The van der Waals surface area contributed by atoms with E-state index in [0.29, 0.717) is 10.9 Å². The maximum atomic E-state index is 13.0. The summed E-state index contributed by atoms with van der Waals surface area (Å²) in [6.07, 6.45) is -4.35. The summed E-state index contributed by atoms with van der Waals surface area (Å²) in [4.78, 5) is 2.01. The fraction of sp³-hybridized carbons (Fsp3) is 0.538. The van der Waals surface area contributed by atoms with Crippen LogP contribution in [0.3, 0.4) is 0 Å². The molecule has 0 aliphatic carbocycles. The molecular weight excluding hydrogens is 273 g/mol. The maximum Gasteiger partial charge on any atom is 0.416 e. The number of thioether (sulfide) groups is 1. The van der Waals surface area contributed by atoms with Gasteiger partial charge in [-0.25, -0.2) is 0 Å². The summed E-state index contributed by atoms with van der Waals surface area (Å²) in [6, 6.07) is 4.45. The van der Waals surface area contributed by atoms with Crippen LogP contribution in [0.25, 0.3) is 0 Å². The van der Waals surface area contributed by atoms with Crippen molar-refractivity contribution >= 4 is 17.4 Å². The predicted molar refractivity (Wildman–Crippen MR) is 73.5 cm³/mol. The average Bonchev–Trinajstić information content (AvgIpc) is 2.37. The first-order valence-corrected chi connectivity index (χ1v) is 7.23. The molecule has 1 aliphatic rings. The van der Waals surface area contributed by atoms with Gasteiger partial charge in [-0.1, -0.05) is 13.0 Å². The third-order valence-electron chi connectivity index (χ3n) is 3.22. The quantitative estimate of drug-likeness (QED) is 0.907. The third kappa shape index (κ3) is 3.36. The lowest BCUT2D eigenvalue weighted by Crippen LogP contribution is -2.36. The Bertz CT molecular complexity index is 448. The lowest BCUT2D eigenvalue weighted by Gasteiger charge is -2.33. The van der Waals surface area contributed by atoms with Crippen LogP contribution in [0.2, 0.25) is 0 Å². The van der Waals surface area contributed by atoms with Crippen molar-refractivity contribution in [3.05, 3.63) is 29.3 Å². The molecule has 2 N–H and O–H groups in total. The van der Waals surface area contributed by atoms with Crippen LogP contribution in [-0.4, -0.2) is 24.1 Å². The summed E-state index contributed by atoms with van der Waals surface area (Å²) >= 11 is 1.85. The van der Waals surface area contributed by atoms with Gasteiger partial charge in [0, 0.05) is 36.3 Å². The number of alkyl halides is 3. The molecule has 19 heavy (non-hydrogen) atoms. The van der Waals surface area contributed by atoms with Crippen LogP contribution in [0.5, 0.6) is 0 Å². The van der Waals surface area contributed by atoms with Crippen LogP contribution in [0.1, 0.15) is 18.1 Å². The molecule has 1 aromatic rings. The minimum absolute atomic E-state index is 0.0959. The van der Waals surface area contributed by atoms with Gasteiger partial charge in [-0.3, -0.25) is 0 Å². The van der Waals surface area contributed by atoms with Crippen LogP contribution < -0.4 is 10.6 Å². The number of hydrogen-bond acceptors (Lipinski definition) is 3. The average molecular weight is 290 g/mol. The summed E-state index contributed by atoms with van der Waals surface area (Å²) < 4.78 is 38.9. The van der Waals surface area contributed by atoms with Crippen molar-refractivity contribution in [3.63, 3.8) is 0 Å². The SMILES string of the molecule is CC1CN(c2ccc(CN)c(C(F)(F)F)c2)CCS1. The highest BCUT2D eigenvalue weighted by Crippen LogP contribution is 2.35. The van der Waals surface area contributed by atoms with Crippen molar-refractivity contribution in [2.45, 2.75) is 24.9 Å². The number of benzene rings is 1. The van der Waals surface area contributed by atoms with Gasteiger partial charge in [0.15, 0.2) is 0 Å². The number of anilines is 1. The smallest absolute Gasteiger partial charge is 0.370 e. The Hall–Kier alpha value is -0.880. The van der Waals surface area contributed by atoms with Gasteiger partial charge in [0.25, 0.3) is 0 Å². The minimum atomic E-state index is -4.35. The highest BCUT2D eigenvalue weighted by molar-refractivity contribution is 8.00. The van der Waals surface area contributed by atoms with Crippen molar-refractivity contribution in [1.29, 1.82) is 0 Å². The third-order valence-corrected chi connectivity index (χ3v) is 4.36.